The maximum atomic E-state index is 10.8. The Labute approximate surface area is 67.8 Å². The average molecular weight is 223 g/mol. The molecule has 3 nitrogen and oxygen atoms in total. The largest absolute Gasteiger partial charge is 0.472 e. The van der Waals surface area contributed by atoms with E-state index in [0.29, 0.717) is 4.67 Å². The SMILES string of the molecule is O=c1ccoc(Br)c1OP. The first-order valence-electron chi connectivity index (χ1n) is 2.39. The molecule has 0 aliphatic rings. The molecule has 1 aromatic heterocycles. The summed E-state index contributed by atoms with van der Waals surface area (Å²) < 4.78 is 9.75. The highest BCUT2D eigenvalue weighted by atomic mass is 79.9. The van der Waals surface area contributed by atoms with Crippen LogP contribution in [0, 0.1) is 0 Å². The fraction of sp³-hybridized carbons (Fsp3) is 0. The van der Waals surface area contributed by atoms with Gasteiger partial charge in [-0.1, -0.05) is 0 Å². The van der Waals surface area contributed by atoms with E-state index in [9.17, 15) is 4.79 Å². The van der Waals surface area contributed by atoms with Crippen molar-refractivity contribution < 1.29 is 8.94 Å². The van der Waals surface area contributed by atoms with Gasteiger partial charge in [-0.2, -0.15) is 0 Å². The second-order valence-corrected chi connectivity index (χ2v) is 2.46. The van der Waals surface area contributed by atoms with Crippen LogP contribution in [0.4, 0.5) is 0 Å². The molecule has 1 atom stereocenters. The molecule has 1 unspecified atom stereocenters. The van der Waals surface area contributed by atoms with Crippen LogP contribution in [0.15, 0.2) is 26.2 Å². The second-order valence-electron chi connectivity index (χ2n) is 1.51. The Morgan fingerprint density at radius 1 is 1.70 bits per heavy atom. The number of halogens is 1. The first-order chi connectivity index (χ1) is 4.75. The van der Waals surface area contributed by atoms with Crippen LogP contribution in [0.2, 0.25) is 0 Å². The molecule has 0 amide bonds. The number of rotatable bonds is 1. The molecule has 0 spiro atoms. The summed E-state index contributed by atoms with van der Waals surface area (Å²) in [5.74, 6) is 0.160. The molecule has 0 radical (unpaired) electrons. The Morgan fingerprint density at radius 2 is 2.40 bits per heavy atom. The van der Waals surface area contributed by atoms with Gasteiger partial charge in [0.15, 0.2) is 0 Å². The summed E-state index contributed by atoms with van der Waals surface area (Å²) in [5, 5.41) is 0. The van der Waals surface area contributed by atoms with Crippen molar-refractivity contribution in [3.05, 3.63) is 27.2 Å². The lowest BCUT2D eigenvalue weighted by molar-refractivity contribution is 0.483. The summed E-state index contributed by atoms with van der Waals surface area (Å²) in [6, 6.07) is 1.28. The van der Waals surface area contributed by atoms with Crippen LogP contribution in [0.25, 0.3) is 0 Å². The van der Waals surface area contributed by atoms with Crippen LogP contribution in [0.5, 0.6) is 5.75 Å². The van der Waals surface area contributed by atoms with Gasteiger partial charge >= 0.3 is 0 Å². The molecule has 1 heterocycles. The van der Waals surface area contributed by atoms with Crippen LogP contribution < -0.4 is 9.95 Å². The van der Waals surface area contributed by atoms with Crippen molar-refractivity contribution in [1.82, 2.24) is 0 Å². The molecule has 0 aliphatic carbocycles. The lowest BCUT2D eigenvalue weighted by Crippen LogP contribution is -1.99. The first kappa shape index (κ1) is 7.76. The van der Waals surface area contributed by atoms with Crippen molar-refractivity contribution in [2.45, 2.75) is 0 Å². The molecule has 10 heavy (non-hydrogen) atoms. The summed E-state index contributed by atoms with van der Waals surface area (Å²) in [4.78, 5) is 10.8. The van der Waals surface area contributed by atoms with Gasteiger partial charge in [-0.15, -0.1) is 0 Å². The normalized spacial score (nSPS) is 9.40. The zero-order chi connectivity index (χ0) is 7.56. The molecule has 5 heteroatoms. The smallest absolute Gasteiger partial charge is 0.228 e. The minimum Gasteiger partial charge on any atom is -0.472 e. The topological polar surface area (TPSA) is 39.4 Å². The summed E-state index contributed by atoms with van der Waals surface area (Å²) >= 11 is 3.00. The number of hydrogen-bond donors (Lipinski definition) is 0. The fourth-order valence-corrected chi connectivity index (χ4v) is 1.28. The third kappa shape index (κ3) is 1.39. The Hall–Kier alpha value is -0.340. The fourth-order valence-electron chi connectivity index (χ4n) is 0.486. The van der Waals surface area contributed by atoms with Crippen LogP contribution >= 0.6 is 25.4 Å². The highest BCUT2D eigenvalue weighted by Gasteiger charge is 2.04. The van der Waals surface area contributed by atoms with E-state index < -0.39 is 0 Å². The molecule has 0 aromatic carbocycles. The third-order valence-electron chi connectivity index (χ3n) is 0.911. The average Bonchev–Trinajstić information content (AvgIpc) is 1.88. The van der Waals surface area contributed by atoms with Gasteiger partial charge in [-0.05, 0) is 15.9 Å². The highest BCUT2D eigenvalue weighted by molar-refractivity contribution is 9.10. The minimum atomic E-state index is -0.215. The summed E-state index contributed by atoms with van der Waals surface area (Å²) in [7, 11) is 1.97. The summed E-state index contributed by atoms with van der Waals surface area (Å²) in [5.41, 5.74) is -0.215. The molecule has 0 bridgehead atoms. The molecule has 0 saturated carbocycles. The Balaban J connectivity index is 3.31. The lowest BCUT2D eigenvalue weighted by atomic mass is 10.5. The predicted octanol–water partition coefficient (Wildman–Crippen LogP) is 1.57. The Bertz CT molecular complexity index is 282. The number of hydrogen-bond acceptors (Lipinski definition) is 3. The van der Waals surface area contributed by atoms with E-state index in [1.807, 2.05) is 9.47 Å². The summed E-state index contributed by atoms with van der Waals surface area (Å²) in [6.07, 6.45) is 1.29. The highest BCUT2D eigenvalue weighted by Crippen LogP contribution is 2.20. The quantitative estimate of drug-likeness (QED) is 0.678. The van der Waals surface area contributed by atoms with Gasteiger partial charge in [0.05, 0.1) is 15.7 Å². The molecule has 0 N–H and O–H groups in total. The minimum absolute atomic E-state index is 0.160. The van der Waals surface area contributed by atoms with Gasteiger partial charge in [0.1, 0.15) is 0 Å². The molecular weight excluding hydrogens is 219 g/mol. The predicted molar refractivity (Wildman–Crippen MR) is 43.0 cm³/mol. The second kappa shape index (κ2) is 3.17. The standard InChI is InChI=1S/C5H4BrO3P/c6-5-4(9-10)3(7)1-2-8-5/h1-2H,10H2. The van der Waals surface area contributed by atoms with Gasteiger partial charge in [-0.3, -0.25) is 4.79 Å². The molecule has 0 saturated heterocycles. The van der Waals surface area contributed by atoms with Crippen LogP contribution in [-0.2, 0) is 0 Å². The van der Waals surface area contributed by atoms with Crippen molar-refractivity contribution in [2.24, 2.45) is 0 Å². The van der Waals surface area contributed by atoms with Gasteiger partial charge in [0.25, 0.3) is 0 Å². The van der Waals surface area contributed by atoms with Crippen molar-refractivity contribution in [3.8, 4) is 5.75 Å². The zero-order valence-electron chi connectivity index (χ0n) is 4.83. The van der Waals surface area contributed by atoms with Crippen molar-refractivity contribution in [2.75, 3.05) is 0 Å². The molecule has 0 fully saturated rings. The van der Waals surface area contributed by atoms with Crippen molar-refractivity contribution in [3.63, 3.8) is 0 Å². The molecule has 54 valence electrons. The molecule has 0 aliphatic heterocycles. The van der Waals surface area contributed by atoms with E-state index in [2.05, 4.69) is 20.5 Å². The van der Waals surface area contributed by atoms with E-state index in [4.69, 9.17) is 4.42 Å². The lowest BCUT2D eigenvalue weighted by Gasteiger charge is -1.96. The third-order valence-corrected chi connectivity index (χ3v) is 1.69. The van der Waals surface area contributed by atoms with E-state index >= 15 is 0 Å². The van der Waals surface area contributed by atoms with Gasteiger partial charge in [-0.25, -0.2) is 0 Å². The Morgan fingerprint density at radius 3 is 2.80 bits per heavy atom. The van der Waals surface area contributed by atoms with E-state index in [1.54, 1.807) is 0 Å². The molecule has 1 rings (SSSR count). The van der Waals surface area contributed by atoms with E-state index in [-0.39, 0.29) is 11.2 Å². The van der Waals surface area contributed by atoms with Crippen LogP contribution in [0.1, 0.15) is 0 Å². The van der Waals surface area contributed by atoms with E-state index in [1.165, 1.54) is 12.3 Å². The first-order valence-corrected chi connectivity index (χ1v) is 3.66. The van der Waals surface area contributed by atoms with Gasteiger partial charge in [0, 0.05) is 6.07 Å². The zero-order valence-corrected chi connectivity index (χ0v) is 7.58. The molecule has 1 aromatic rings. The summed E-state index contributed by atoms with van der Waals surface area (Å²) in [6.45, 7) is 0. The van der Waals surface area contributed by atoms with Crippen LogP contribution in [-0.4, -0.2) is 0 Å². The van der Waals surface area contributed by atoms with Gasteiger partial charge in [0.2, 0.25) is 15.8 Å². The van der Waals surface area contributed by atoms with Crippen molar-refractivity contribution >= 4 is 25.4 Å². The van der Waals surface area contributed by atoms with Crippen LogP contribution in [0.3, 0.4) is 0 Å². The maximum absolute atomic E-state index is 10.8. The van der Waals surface area contributed by atoms with Gasteiger partial charge < -0.3 is 8.94 Å². The maximum Gasteiger partial charge on any atom is 0.228 e. The Kier molecular flexibility index (Phi) is 2.46. The monoisotopic (exact) mass is 222 g/mol. The van der Waals surface area contributed by atoms with E-state index in [0.717, 1.165) is 0 Å². The van der Waals surface area contributed by atoms with Crippen molar-refractivity contribution in [1.29, 1.82) is 0 Å². The molecular formula is C5H4BrO3P.